The molecule has 1 saturated carbocycles. The number of unbranched alkanes of at least 4 members (excludes halogenated alkanes) is 4. The summed E-state index contributed by atoms with van der Waals surface area (Å²) in [6.45, 7) is 9.70. The number of allylic oxidation sites excluding steroid dienone is 2. The van der Waals surface area contributed by atoms with Crippen LogP contribution in [0.2, 0.25) is 0 Å². The summed E-state index contributed by atoms with van der Waals surface area (Å²) in [6.07, 6.45) is 19.0. The summed E-state index contributed by atoms with van der Waals surface area (Å²) in [7, 11) is 0. The average molecular weight is 448 g/mol. The van der Waals surface area contributed by atoms with Crippen molar-refractivity contribution in [1.29, 1.82) is 0 Å². The maximum absolute atomic E-state index is 10.6. The topological polar surface area (TPSA) is 52.9 Å². The monoisotopic (exact) mass is 447 g/mol. The van der Waals surface area contributed by atoms with Crippen molar-refractivity contribution < 1.29 is 14.9 Å². The molecule has 0 bridgehead atoms. The summed E-state index contributed by atoms with van der Waals surface area (Å²) < 4.78 is 5.42. The molecule has 2 fully saturated rings. The third-order valence-corrected chi connectivity index (χ3v) is 8.03. The zero-order valence-electron chi connectivity index (χ0n) is 20.8. The summed E-state index contributed by atoms with van der Waals surface area (Å²) in [5, 5.41) is 21.0. The minimum Gasteiger partial charge on any atom is -0.392 e. The van der Waals surface area contributed by atoms with E-state index in [0.29, 0.717) is 17.8 Å². The van der Waals surface area contributed by atoms with Crippen molar-refractivity contribution >= 4 is 0 Å². The Morgan fingerprint density at radius 1 is 1.16 bits per heavy atom. The summed E-state index contributed by atoms with van der Waals surface area (Å²) in [5.74, 6) is 1.85. The Balaban J connectivity index is 1.32. The maximum Gasteiger partial charge on any atom is 0.0723 e. The van der Waals surface area contributed by atoms with Gasteiger partial charge in [-0.2, -0.15) is 0 Å². The van der Waals surface area contributed by atoms with Gasteiger partial charge in [0.1, 0.15) is 0 Å². The van der Waals surface area contributed by atoms with Gasteiger partial charge in [0.25, 0.3) is 0 Å². The molecular weight excluding hydrogens is 398 g/mol. The number of fused-ring (bicyclic) bond motifs is 1. The van der Waals surface area contributed by atoms with E-state index >= 15 is 0 Å². The zero-order chi connectivity index (χ0) is 22.8. The highest BCUT2D eigenvalue weighted by molar-refractivity contribution is 5.21. The van der Waals surface area contributed by atoms with Crippen LogP contribution in [0.3, 0.4) is 0 Å². The fraction of sp³-hybridized carbons (Fsp3) is 0.857. The van der Waals surface area contributed by atoms with E-state index in [-0.39, 0.29) is 18.1 Å². The molecule has 4 heteroatoms. The molecule has 3 rings (SSSR count). The van der Waals surface area contributed by atoms with Gasteiger partial charge in [-0.1, -0.05) is 69.8 Å². The lowest BCUT2D eigenvalue weighted by atomic mass is 9.88. The number of hydrogen-bond donors (Lipinski definition) is 2. The van der Waals surface area contributed by atoms with Crippen LogP contribution in [-0.2, 0) is 4.74 Å². The molecule has 1 aliphatic heterocycles. The third-order valence-electron chi connectivity index (χ3n) is 8.03. The molecule has 3 aliphatic rings. The molecular formula is C28H49NO3. The average Bonchev–Trinajstić information content (AvgIpc) is 3.30. The molecule has 184 valence electrons. The minimum atomic E-state index is -0.376. The first-order valence-electron chi connectivity index (χ1n) is 13.6. The van der Waals surface area contributed by atoms with E-state index in [1.54, 1.807) is 5.57 Å². The molecule has 0 aromatic carbocycles. The lowest BCUT2D eigenvalue weighted by Gasteiger charge is -2.26. The van der Waals surface area contributed by atoms with E-state index in [1.165, 1.54) is 57.9 Å². The quantitative estimate of drug-likeness (QED) is 0.279. The van der Waals surface area contributed by atoms with E-state index in [2.05, 4.69) is 30.9 Å². The second-order valence-electron chi connectivity index (χ2n) is 10.8. The van der Waals surface area contributed by atoms with Crippen LogP contribution < -0.4 is 0 Å². The fourth-order valence-electron chi connectivity index (χ4n) is 6.07. The van der Waals surface area contributed by atoms with Gasteiger partial charge in [0.05, 0.1) is 25.4 Å². The van der Waals surface area contributed by atoms with Crippen molar-refractivity contribution in [3.05, 3.63) is 23.8 Å². The Hall–Kier alpha value is -0.680. The lowest BCUT2D eigenvalue weighted by molar-refractivity contribution is 0.0371. The van der Waals surface area contributed by atoms with Crippen molar-refractivity contribution in [3.63, 3.8) is 0 Å². The van der Waals surface area contributed by atoms with Crippen molar-refractivity contribution in [3.8, 4) is 0 Å². The third kappa shape index (κ3) is 8.27. The van der Waals surface area contributed by atoms with Crippen molar-refractivity contribution in [2.24, 2.45) is 23.7 Å². The number of ether oxygens (including phenoxy) is 1. The van der Waals surface area contributed by atoms with Crippen LogP contribution in [0.5, 0.6) is 0 Å². The predicted molar refractivity (Wildman–Crippen MR) is 133 cm³/mol. The highest BCUT2D eigenvalue weighted by atomic mass is 16.5. The smallest absolute Gasteiger partial charge is 0.0723 e. The van der Waals surface area contributed by atoms with Crippen LogP contribution in [0.15, 0.2) is 23.8 Å². The first-order chi connectivity index (χ1) is 15.6. The van der Waals surface area contributed by atoms with E-state index in [4.69, 9.17) is 4.74 Å². The lowest BCUT2D eigenvalue weighted by Crippen LogP contribution is -2.36. The molecule has 0 amide bonds. The number of rotatable bonds is 14. The second-order valence-corrected chi connectivity index (χ2v) is 10.8. The molecule has 1 heterocycles. The van der Waals surface area contributed by atoms with Gasteiger partial charge in [-0.15, -0.1) is 0 Å². The van der Waals surface area contributed by atoms with Gasteiger partial charge in [0, 0.05) is 19.0 Å². The number of hydrogen-bond acceptors (Lipinski definition) is 4. The Bertz CT molecular complexity index is 583. The predicted octanol–water partition coefficient (Wildman–Crippen LogP) is 5.35. The van der Waals surface area contributed by atoms with Crippen LogP contribution in [-0.4, -0.2) is 60.2 Å². The van der Waals surface area contributed by atoms with Crippen molar-refractivity contribution in [2.75, 3.05) is 32.8 Å². The molecule has 0 aromatic heterocycles. The summed E-state index contributed by atoms with van der Waals surface area (Å²) in [4.78, 5) is 2.53. The van der Waals surface area contributed by atoms with Crippen LogP contribution in [0.1, 0.15) is 84.5 Å². The molecule has 0 unspecified atom stereocenters. The zero-order valence-corrected chi connectivity index (χ0v) is 20.8. The Kier molecular flexibility index (Phi) is 11.3. The first kappa shape index (κ1) is 25.9. The van der Waals surface area contributed by atoms with Gasteiger partial charge in [0.2, 0.25) is 0 Å². The van der Waals surface area contributed by atoms with Gasteiger partial charge >= 0.3 is 0 Å². The highest BCUT2D eigenvalue weighted by Crippen LogP contribution is 2.48. The van der Waals surface area contributed by atoms with Crippen LogP contribution in [0.25, 0.3) is 0 Å². The Morgan fingerprint density at radius 3 is 2.72 bits per heavy atom. The number of nitrogens with zero attached hydrogens (tertiary/aromatic N) is 1. The van der Waals surface area contributed by atoms with E-state index in [1.807, 2.05) is 6.08 Å². The van der Waals surface area contributed by atoms with E-state index < -0.39 is 0 Å². The number of aliphatic hydroxyl groups excluding tert-OH is 2. The SMILES string of the molecule is CCCC[C@H](C)C[C@H](O)C=C[C@@H]1[C@H]2CC(CCCCCCN3CCOCC3)=C[C@H]2C[C@H]1O. The van der Waals surface area contributed by atoms with Crippen LogP contribution >= 0.6 is 0 Å². The molecule has 0 aromatic rings. The molecule has 2 N–H and O–H groups in total. The van der Waals surface area contributed by atoms with Gasteiger partial charge in [-0.25, -0.2) is 0 Å². The molecule has 0 radical (unpaired) electrons. The van der Waals surface area contributed by atoms with Gasteiger partial charge in [0.15, 0.2) is 0 Å². The van der Waals surface area contributed by atoms with Crippen LogP contribution in [0, 0.1) is 23.7 Å². The number of aliphatic hydroxyl groups is 2. The standard InChI is InChI=1S/C28H49NO3/c1-3-4-9-22(2)18-25(30)11-12-26-27-20-23(19-24(27)21-28(26)31)10-7-5-6-8-13-29-14-16-32-17-15-29/h11-12,19,22,24-28,30-31H,3-10,13-18,20-21H2,1-2H3/t22-,24-,25+,26+,27-,28+/m0/s1. The van der Waals surface area contributed by atoms with E-state index in [9.17, 15) is 10.2 Å². The molecule has 32 heavy (non-hydrogen) atoms. The normalized spacial score (nSPS) is 30.6. The molecule has 1 saturated heterocycles. The largest absolute Gasteiger partial charge is 0.392 e. The van der Waals surface area contributed by atoms with Gasteiger partial charge in [-0.05, 0) is 62.8 Å². The van der Waals surface area contributed by atoms with Crippen LogP contribution in [0.4, 0.5) is 0 Å². The minimum absolute atomic E-state index is 0.211. The second kappa shape index (κ2) is 13.9. The first-order valence-corrected chi connectivity index (χ1v) is 13.6. The maximum atomic E-state index is 10.6. The summed E-state index contributed by atoms with van der Waals surface area (Å²) >= 11 is 0. The molecule has 6 atom stereocenters. The van der Waals surface area contributed by atoms with Gasteiger partial charge in [-0.3, -0.25) is 4.90 Å². The Labute approximate surface area is 197 Å². The molecule has 2 aliphatic carbocycles. The number of morpholine rings is 1. The fourth-order valence-corrected chi connectivity index (χ4v) is 6.07. The van der Waals surface area contributed by atoms with Crippen molar-refractivity contribution in [1.82, 2.24) is 4.90 Å². The highest BCUT2D eigenvalue weighted by Gasteiger charge is 2.43. The van der Waals surface area contributed by atoms with Gasteiger partial charge < -0.3 is 14.9 Å². The van der Waals surface area contributed by atoms with Crippen molar-refractivity contribution in [2.45, 2.75) is 96.7 Å². The summed E-state index contributed by atoms with van der Waals surface area (Å²) in [6, 6.07) is 0. The molecule has 0 spiro atoms. The Morgan fingerprint density at radius 2 is 1.94 bits per heavy atom. The molecule has 4 nitrogen and oxygen atoms in total. The van der Waals surface area contributed by atoms with E-state index in [0.717, 1.165) is 45.6 Å². The summed E-state index contributed by atoms with van der Waals surface area (Å²) in [5.41, 5.74) is 1.62.